The van der Waals surface area contributed by atoms with Crippen LogP contribution in [0.3, 0.4) is 0 Å². The van der Waals surface area contributed by atoms with Gasteiger partial charge in [-0.25, -0.2) is 0 Å². The van der Waals surface area contributed by atoms with Crippen LogP contribution in [0.5, 0.6) is 0 Å². The highest BCUT2D eigenvalue weighted by Gasteiger charge is 2.29. The maximum Gasteiger partial charge on any atom is 0.446 e. The lowest BCUT2D eigenvalue weighted by Crippen LogP contribution is -2.04. The molecule has 0 heterocycles. The van der Waals surface area contributed by atoms with E-state index >= 15 is 0 Å². The average Bonchev–Trinajstić information content (AvgIpc) is 2.25. The van der Waals surface area contributed by atoms with Crippen LogP contribution in [0.1, 0.15) is 17.9 Å². The number of rotatable bonds is 4. The van der Waals surface area contributed by atoms with E-state index in [0.717, 1.165) is 0 Å². The fourth-order valence-electron chi connectivity index (χ4n) is 1.32. The number of thioether (sulfide) groups is 2. The van der Waals surface area contributed by atoms with Crippen LogP contribution in [0.4, 0.5) is 13.2 Å². The van der Waals surface area contributed by atoms with Crippen molar-refractivity contribution < 1.29 is 18.0 Å². The molecule has 1 aromatic rings. The van der Waals surface area contributed by atoms with Crippen LogP contribution in [0.2, 0.25) is 0 Å². The monoisotopic (exact) mass is 314 g/mol. The minimum Gasteiger partial charge on any atom is -0.298 e. The van der Waals surface area contributed by atoms with Gasteiger partial charge in [-0.05, 0) is 42.6 Å². The molecule has 1 rings (SSSR count). The Morgan fingerprint density at radius 1 is 1.39 bits per heavy atom. The Morgan fingerprint density at radius 3 is 2.44 bits per heavy atom. The van der Waals surface area contributed by atoms with Crippen LogP contribution in [0, 0.1) is 0 Å². The first-order chi connectivity index (χ1) is 8.24. The van der Waals surface area contributed by atoms with Crippen molar-refractivity contribution in [3.8, 4) is 0 Å². The van der Waals surface area contributed by atoms with Gasteiger partial charge in [0, 0.05) is 9.79 Å². The molecule has 1 aromatic carbocycles. The molecular weight excluding hydrogens is 305 g/mol. The Morgan fingerprint density at radius 2 is 2.00 bits per heavy atom. The molecule has 18 heavy (non-hydrogen) atoms. The van der Waals surface area contributed by atoms with E-state index in [9.17, 15) is 18.0 Å². The van der Waals surface area contributed by atoms with Crippen molar-refractivity contribution in [1.29, 1.82) is 0 Å². The lowest BCUT2D eigenvalue weighted by molar-refractivity contribution is -0.116. The highest BCUT2D eigenvalue weighted by atomic mass is 35.5. The number of alkyl halides is 4. The van der Waals surface area contributed by atoms with E-state index in [2.05, 4.69) is 0 Å². The van der Waals surface area contributed by atoms with Gasteiger partial charge in [-0.15, -0.1) is 23.4 Å². The largest absolute Gasteiger partial charge is 0.446 e. The number of benzene rings is 1. The molecule has 0 amide bonds. The summed E-state index contributed by atoms with van der Waals surface area (Å²) in [5.41, 5.74) is -3.78. The normalized spacial score (nSPS) is 13.4. The third kappa shape index (κ3) is 4.40. The number of Topliss-reactive ketones (excluding diaryl/α,β-unsaturated/α-hetero) is 1. The number of ketones is 1. The van der Waals surface area contributed by atoms with Crippen LogP contribution in [0.15, 0.2) is 28.0 Å². The topological polar surface area (TPSA) is 17.1 Å². The first-order valence-corrected chi connectivity index (χ1v) is 7.30. The predicted octanol–water partition coefficient (Wildman–Crippen LogP) is 4.89. The minimum absolute atomic E-state index is 0.0861. The number of hydrogen-bond acceptors (Lipinski definition) is 3. The molecule has 0 N–H and O–H groups in total. The highest BCUT2D eigenvalue weighted by Crippen LogP contribution is 2.40. The Balaban J connectivity index is 3.07. The summed E-state index contributed by atoms with van der Waals surface area (Å²) in [5.74, 6) is -0.233. The summed E-state index contributed by atoms with van der Waals surface area (Å²) in [4.78, 5) is 11.9. The van der Waals surface area contributed by atoms with E-state index in [-0.39, 0.29) is 22.4 Å². The molecule has 0 spiro atoms. The van der Waals surface area contributed by atoms with E-state index < -0.39 is 10.9 Å². The van der Waals surface area contributed by atoms with Gasteiger partial charge in [0.05, 0.1) is 0 Å². The van der Waals surface area contributed by atoms with Crippen LogP contribution < -0.4 is 0 Å². The predicted molar refractivity (Wildman–Crippen MR) is 69.4 cm³/mol. The molecular formula is C11H10ClF3OS2. The zero-order valence-corrected chi connectivity index (χ0v) is 11.9. The van der Waals surface area contributed by atoms with Crippen molar-refractivity contribution in [2.75, 3.05) is 6.26 Å². The summed E-state index contributed by atoms with van der Waals surface area (Å²) in [6.45, 7) is 1.35. The molecule has 0 saturated carbocycles. The van der Waals surface area contributed by atoms with Crippen LogP contribution >= 0.6 is 35.1 Å². The Hall–Kier alpha value is -0.330. The van der Waals surface area contributed by atoms with Crippen molar-refractivity contribution in [2.24, 2.45) is 0 Å². The van der Waals surface area contributed by atoms with E-state index in [1.807, 2.05) is 0 Å². The second-order valence-electron chi connectivity index (χ2n) is 3.42. The number of carbonyl (C=O) groups is 1. The molecule has 0 radical (unpaired) electrons. The van der Waals surface area contributed by atoms with E-state index in [1.54, 1.807) is 6.26 Å². The Kier molecular flexibility index (Phi) is 5.43. The van der Waals surface area contributed by atoms with Crippen LogP contribution in [-0.2, 0) is 4.79 Å². The molecule has 0 fully saturated rings. The van der Waals surface area contributed by atoms with Crippen molar-refractivity contribution in [1.82, 2.24) is 0 Å². The first kappa shape index (κ1) is 15.7. The number of halogens is 4. The third-order valence-corrected chi connectivity index (χ3v) is 4.13. The summed E-state index contributed by atoms with van der Waals surface area (Å²) in [6.07, 6.45) is 1.73. The molecule has 0 aromatic heterocycles. The third-order valence-electron chi connectivity index (χ3n) is 2.07. The van der Waals surface area contributed by atoms with Crippen molar-refractivity contribution >= 4 is 40.9 Å². The molecule has 1 nitrogen and oxygen atoms in total. The minimum atomic E-state index is -4.32. The zero-order chi connectivity index (χ0) is 13.9. The second kappa shape index (κ2) is 6.21. The molecule has 100 valence electrons. The van der Waals surface area contributed by atoms with Gasteiger partial charge in [-0.3, -0.25) is 4.79 Å². The standard InChI is InChI=1S/C11H10ClF3OS2/c1-6(16)10(12)8-4-3-7(5-9(8)17-2)18-11(13,14)15/h3-5,10H,1-2H3. The lowest BCUT2D eigenvalue weighted by Gasteiger charge is -2.13. The molecule has 0 saturated heterocycles. The van der Waals surface area contributed by atoms with Gasteiger partial charge in [-0.1, -0.05) is 6.07 Å². The summed E-state index contributed by atoms with van der Waals surface area (Å²) >= 11 is 7.00. The Labute approximate surface area is 116 Å². The molecule has 7 heteroatoms. The maximum absolute atomic E-state index is 12.2. The first-order valence-electron chi connectivity index (χ1n) is 4.83. The maximum atomic E-state index is 12.2. The summed E-state index contributed by atoms with van der Waals surface area (Å²) in [6, 6.07) is 4.20. The van der Waals surface area contributed by atoms with Crippen LogP contribution in [0.25, 0.3) is 0 Å². The van der Waals surface area contributed by atoms with Gasteiger partial charge in [-0.2, -0.15) is 13.2 Å². The number of hydrogen-bond donors (Lipinski definition) is 0. The molecule has 1 atom stereocenters. The van der Waals surface area contributed by atoms with E-state index in [1.165, 1.54) is 36.9 Å². The van der Waals surface area contributed by atoms with Gasteiger partial charge >= 0.3 is 5.51 Å². The smallest absolute Gasteiger partial charge is 0.298 e. The van der Waals surface area contributed by atoms with Gasteiger partial charge in [0.15, 0.2) is 5.78 Å². The van der Waals surface area contributed by atoms with Gasteiger partial charge < -0.3 is 0 Å². The van der Waals surface area contributed by atoms with Crippen LogP contribution in [-0.4, -0.2) is 17.5 Å². The average molecular weight is 315 g/mol. The fraction of sp³-hybridized carbons (Fsp3) is 0.364. The van der Waals surface area contributed by atoms with Gasteiger partial charge in [0.2, 0.25) is 0 Å². The molecule has 0 aliphatic carbocycles. The van der Waals surface area contributed by atoms with E-state index in [0.29, 0.717) is 10.5 Å². The molecule has 0 aliphatic heterocycles. The van der Waals surface area contributed by atoms with Gasteiger partial charge in [0.25, 0.3) is 0 Å². The fourth-order valence-corrected chi connectivity index (χ4v) is 2.89. The summed E-state index contributed by atoms with van der Waals surface area (Å²) < 4.78 is 36.7. The number of carbonyl (C=O) groups excluding carboxylic acids is 1. The van der Waals surface area contributed by atoms with Crippen molar-refractivity contribution in [3.05, 3.63) is 23.8 Å². The molecule has 1 unspecified atom stereocenters. The zero-order valence-electron chi connectivity index (χ0n) is 9.55. The van der Waals surface area contributed by atoms with Gasteiger partial charge in [0.1, 0.15) is 5.38 Å². The Bertz CT molecular complexity index is 448. The van der Waals surface area contributed by atoms with Crippen molar-refractivity contribution in [2.45, 2.75) is 27.6 Å². The van der Waals surface area contributed by atoms with E-state index in [4.69, 9.17) is 11.6 Å². The highest BCUT2D eigenvalue weighted by molar-refractivity contribution is 8.00. The summed E-state index contributed by atoms with van der Waals surface area (Å²) in [5, 5.41) is -0.822. The second-order valence-corrected chi connectivity index (χ2v) is 5.85. The molecule has 0 bridgehead atoms. The lowest BCUT2D eigenvalue weighted by atomic mass is 10.1. The van der Waals surface area contributed by atoms with Crippen molar-refractivity contribution in [3.63, 3.8) is 0 Å². The quantitative estimate of drug-likeness (QED) is 0.582. The SMILES string of the molecule is CSc1cc(SC(F)(F)F)ccc1C(Cl)C(C)=O. The summed E-state index contributed by atoms with van der Waals surface area (Å²) in [7, 11) is 0. The molecule has 0 aliphatic rings.